The average Bonchev–Trinajstić information content (AvgIpc) is 1.83. The topological polar surface area (TPSA) is 12.0 Å². The van der Waals surface area contributed by atoms with E-state index in [2.05, 4.69) is 19.2 Å². The molecule has 0 aliphatic heterocycles. The SMILES string of the molecule is [B]CNCC(C)CC. The highest BCUT2D eigenvalue weighted by atomic mass is 14.8. The van der Waals surface area contributed by atoms with Crippen LogP contribution in [0.4, 0.5) is 0 Å². The van der Waals surface area contributed by atoms with Crippen LogP contribution in [0.1, 0.15) is 20.3 Å². The van der Waals surface area contributed by atoms with Crippen LogP contribution in [0.2, 0.25) is 0 Å². The summed E-state index contributed by atoms with van der Waals surface area (Å²) in [6.45, 7) is 5.44. The zero-order valence-corrected chi connectivity index (χ0v) is 5.78. The highest BCUT2D eigenvalue weighted by Crippen LogP contribution is 1.95. The van der Waals surface area contributed by atoms with Gasteiger partial charge in [0.15, 0.2) is 0 Å². The number of nitrogens with one attached hydrogen (secondary N) is 1. The van der Waals surface area contributed by atoms with Crippen molar-refractivity contribution in [1.82, 2.24) is 5.32 Å². The second kappa shape index (κ2) is 5.17. The third-order valence-electron chi connectivity index (χ3n) is 1.33. The molecule has 46 valence electrons. The van der Waals surface area contributed by atoms with E-state index in [1.54, 1.807) is 0 Å². The maximum Gasteiger partial charge on any atom is 0.0859 e. The van der Waals surface area contributed by atoms with Crippen LogP contribution in [0.3, 0.4) is 0 Å². The first-order chi connectivity index (χ1) is 3.81. The zero-order valence-electron chi connectivity index (χ0n) is 5.78. The fourth-order valence-corrected chi connectivity index (χ4v) is 0.474. The summed E-state index contributed by atoms with van der Waals surface area (Å²) in [6.07, 6.45) is 1.83. The van der Waals surface area contributed by atoms with Crippen molar-refractivity contribution in [2.75, 3.05) is 13.0 Å². The molecule has 0 fully saturated rings. The molecule has 1 unspecified atom stereocenters. The molecule has 2 heteroatoms. The molecule has 0 spiro atoms. The van der Waals surface area contributed by atoms with Gasteiger partial charge in [-0.05, 0) is 18.9 Å². The van der Waals surface area contributed by atoms with Crippen molar-refractivity contribution in [2.45, 2.75) is 20.3 Å². The van der Waals surface area contributed by atoms with Crippen molar-refractivity contribution in [3.8, 4) is 0 Å². The summed E-state index contributed by atoms with van der Waals surface area (Å²) in [5, 5.41) is 3.08. The molecule has 0 saturated heterocycles. The molecular formula is C6H14BN. The minimum Gasteiger partial charge on any atom is -0.325 e. The van der Waals surface area contributed by atoms with Gasteiger partial charge in [-0.2, -0.15) is 0 Å². The summed E-state index contributed by atoms with van der Waals surface area (Å²) in [6, 6.07) is 0. The predicted molar refractivity (Wildman–Crippen MR) is 38.1 cm³/mol. The van der Waals surface area contributed by atoms with E-state index >= 15 is 0 Å². The van der Waals surface area contributed by atoms with Crippen molar-refractivity contribution in [1.29, 1.82) is 0 Å². The summed E-state index contributed by atoms with van der Waals surface area (Å²) in [5.41, 5.74) is 0. The lowest BCUT2D eigenvalue weighted by Crippen LogP contribution is -2.21. The molecule has 0 aromatic heterocycles. The zero-order chi connectivity index (χ0) is 6.41. The molecule has 1 atom stereocenters. The van der Waals surface area contributed by atoms with Gasteiger partial charge in [0.25, 0.3) is 0 Å². The van der Waals surface area contributed by atoms with Crippen LogP contribution in [0, 0.1) is 5.92 Å². The highest BCUT2D eigenvalue weighted by Gasteiger charge is 1.93. The largest absolute Gasteiger partial charge is 0.325 e. The summed E-state index contributed by atoms with van der Waals surface area (Å²) in [5.74, 6) is 0.763. The Balaban J connectivity index is 2.86. The van der Waals surface area contributed by atoms with E-state index in [9.17, 15) is 0 Å². The molecule has 8 heavy (non-hydrogen) atoms. The van der Waals surface area contributed by atoms with Crippen LogP contribution in [0.15, 0.2) is 0 Å². The molecule has 2 radical (unpaired) electrons. The Morgan fingerprint density at radius 1 is 1.62 bits per heavy atom. The van der Waals surface area contributed by atoms with Crippen molar-refractivity contribution in [3.05, 3.63) is 0 Å². The maximum absolute atomic E-state index is 5.22. The molecule has 0 rings (SSSR count). The first-order valence-electron chi connectivity index (χ1n) is 3.22. The summed E-state index contributed by atoms with van der Waals surface area (Å²) in [4.78, 5) is 0. The van der Waals surface area contributed by atoms with Crippen LogP contribution < -0.4 is 5.32 Å². The fraction of sp³-hybridized carbons (Fsp3) is 1.00. The summed E-state index contributed by atoms with van der Waals surface area (Å²) in [7, 11) is 5.22. The Bertz CT molecular complexity index is 47.8. The van der Waals surface area contributed by atoms with Crippen LogP contribution in [-0.4, -0.2) is 20.8 Å². The van der Waals surface area contributed by atoms with Crippen molar-refractivity contribution < 1.29 is 0 Å². The number of rotatable bonds is 4. The summed E-state index contributed by atoms with van der Waals surface area (Å²) < 4.78 is 0. The van der Waals surface area contributed by atoms with Crippen molar-refractivity contribution in [3.63, 3.8) is 0 Å². The molecule has 1 nitrogen and oxygen atoms in total. The first-order valence-corrected chi connectivity index (χ1v) is 3.22. The van der Waals surface area contributed by atoms with Gasteiger partial charge in [0, 0.05) is 0 Å². The second-order valence-corrected chi connectivity index (χ2v) is 2.17. The van der Waals surface area contributed by atoms with Gasteiger partial charge in [-0.25, -0.2) is 0 Å². The Morgan fingerprint density at radius 2 is 2.25 bits per heavy atom. The van der Waals surface area contributed by atoms with Crippen LogP contribution in [0.25, 0.3) is 0 Å². The Morgan fingerprint density at radius 3 is 2.62 bits per heavy atom. The van der Waals surface area contributed by atoms with Crippen molar-refractivity contribution in [2.24, 2.45) is 5.92 Å². The molecule has 0 amide bonds. The Kier molecular flexibility index (Phi) is 5.18. The lowest BCUT2D eigenvalue weighted by atomic mass is 10.1. The molecule has 1 N–H and O–H groups in total. The third-order valence-corrected chi connectivity index (χ3v) is 1.33. The molecule has 0 aliphatic carbocycles. The Labute approximate surface area is 53.3 Å². The second-order valence-electron chi connectivity index (χ2n) is 2.17. The Hall–Kier alpha value is 0.0249. The molecule has 0 aromatic carbocycles. The normalized spacial score (nSPS) is 13.8. The van der Waals surface area contributed by atoms with Gasteiger partial charge in [-0.15, -0.1) is 0 Å². The van der Waals surface area contributed by atoms with Crippen LogP contribution >= 0.6 is 0 Å². The van der Waals surface area contributed by atoms with Gasteiger partial charge in [-0.1, -0.05) is 20.3 Å². The van der Waals surface area contributed by atoms with Crippen molar-refractivity contribution >= 4 is 7.85 Å². The van der Waals surface area contributed by atoms with E-state index < -0.39 is 0 Å². The minimum absolute atomic E-state index is 0.602. The van der Waals surface area contributed by atoms with E-state index in [-0.39, 0.29) is 0 Å². The van der Waals surface area contributed by atoms with Gasteiger partial charge in [-0.3, -0.25) is 0 Å². The molecular weight excluding hydrogens is 96.9 g/mol. The van der Waals surface area contributed by atoms with E-state index in [0.717, 1.165) is 12.5 Å². The van der Waals surface area contributed by atoms with Gasteiger partial charge in [0.1, 0.15) is 0 Å². The van der Waals surface area contributed by atoms with E-state index in [1.807, 2.05) is 0 Å². The third kappa shape index (κ3) is 4.19. The monoisotopic (exact) mass is 111 g/mol. The lowest BCUT2D eigenvalue weighted by Gasteiger charge is -2.06. The van der Waals surface area contributed by atoms with Gasteiger partial charge >= 0.3 is 0 Å². The molecule has 0 aromatic rings. The standard InChI is InChI=1S/C6H14BN/c1-3-6(2)4-8-5-7/h6,8H,3-5H2,1-2H3. The van der Waals surface area contributed by atoms with E-state index in [4.69, 9.17) is 7.85 Å². The molecule has 0 bridgehead atoms. The smallest absolute Gasteiger partial charge is 0.0859 e. The van der Waals surface area contributed by atoms with E-state index in [0.29, 0.717) is 6.44 Å². The molecule has 0 aliphatic rings. The van der Waals surface area contributed by atoms with Crippen LogP contribution in [0.5, 0.6) is 0 Å². The van der Waals surface area contributed by atoms with Crippen LogP contribution in [-0.2, 0) is 0 Å². The number of hydrogen-bond acceptors (Lipinski definition) is 1. The average molecular weight is 111 g/mol. The summed E-state index contributed by atoms with van der Waals surface area (Å²) >= 11 is 0. The van der Waals surface area contributed by atoms with E-state index in [1.165, 1.54) is 6.42 Å². The van der Waals surface area contributed by atoms with Gasteiger partial charge in [0.2, 0.25) is 0 Å². The van der Waals surface area contributed by atoms with Gasteiger partial charge < -0.3 is 5.32 Å². The highest BCUT2D eigenvalue weighted by molar-refractivity contribution is 6.08. The maximum atomic E-state index is 5.22. The quantitative estimate of drug-likeness (QED) is 0.527. The van der Waals surface area contributed by atoms with Gasteiger partial charge in [0.05, 0.1) is 7.85 Å². The minimum atomic E-state index is 0.602. The fourth-order valence-electron chi connectivity index (χ4n) is 0.474. The lowest BCUT2D eigenvalue weighted by molar-refractivity contribution is 0.522. The molecule has 0 heterocycles. The number of hydrogen-bond donors (Lipinski definition) is 1. The predicted octanol–water partition coefficient (Wildman–Crippen LogP) is 0.748. The first kappa shape index (κ1) is 8.02. The molecule has 0 saturated carbocycles.